The van der Waals surface area contributed by atoms with Crippen LogP contribution in [0.4, 0.5) is 0 Å². The first kappa shape index (κ1) is 13.4. The zero-order chi connectivity index (χ0) is 14.0. The Labute approximate surface area is 115 Å². The third kappa shape index (κ3) is 2.70. The number of rotatable bonds is 3. The van der Waals surface area contributed by atoms with Crippen LogP contribution in [-0.2, 0) is 5.41 Å². The average molecular weight is 252 g/mol. The van der Waals surface area contributed by atoms with E-state index in [0.717, 1.165) is 5.57 Å². The molecule has 0 aliphatic rings. The van der Waals surface area contributed by atoms with E-state index in [9.17, 15) is 5.11 Å². The van der Waals surface area contributed by atoms with Crippen LogP contribution in [0.1, 0.15) is 37.5 Å². The van der Waals surface area contributed by atoms with Crippen molar-refractivity contribution in [1.82, 2.24) is 0 Å². The molecule has 0 spiro atoms. The van der Waals surface area contributed by atoms with Gasteiger partial charge in [-0.15, -0.1) is 0 Å². The topological polar surface area (TPSA) is 20.2 Å². The summed E-state index contributed by atoms with van der Waals surface area (Å²) in [5.41, 5.74) is 4.58. The number of phenolic OH excluding ortho intramolecular Hbond substituents is 1. The third-order valence-corrected chi connectivity index (χ3v) is 3.67. The lowest BCUT2D eigenvalue weighted by molar-refractivity contribution is 0.474. The smallest absolute Gasteiger partial charge is 0.115 e. The Morgan fingerprint density at radius 3 is 2.21 bits per heavy atom. The minimum Gasteiger partial charge on any atom is -0.508 e. The van der Waals surface area contributed by atoms with Gasteiger partial charge in [0.25, 0.3) is 0 Å². The number of hydrogen-bond donors (Lipinski definition) is 1. The summed E-state index contributed by atoms with van der Waals surface area (Å²) in [4.78, 5) is 0. The first-order valence-electron chi connectivity index (χ1n) is 6.47. The molecule has 1 nitrogen and oxygen atoms in total. The number of benzene rings is 2. The molecular formula is C18H20O. The second kappa shape index (κ2) is 4.93. The second-order valence-corrected chi connectivity index (χ2v) is 5.53. The van der Waals surface area contributed by atoms with Crippen LogP contribution in [0.25, 0.3) is 5.57 Å². The van der Waals surface area contributed by atoms with Crippen molar-refractivity contribution in [2.45, 2.75) is 26.2 Å². The van der Waals surface area contributed by atoms with Crippen molar-refractivity contribution in [3.63, 3.8) is 0 Å². The maximum absolute atomic E-state index is 9.40. The van der Waals surface area contributed by atoms with Crippen molar-refractivity contribution < 1.29 is 5.11 Å². The lowest BCUT2D eigenvalue weighted by atomic mass is 9.77. The molecule has 0 amide bonds. The van der Waals surface area contributed by atoms with E-state index in [2.05, 4.69) is 44.7 Å². The van der Waals surface area contributed by atoms with E-state index in [4.69, 9.17) is 0 Å². The van der Waals surface area contributed by atoms with Gasteiger partial charge in [0.15, 0.2) is 0 Å². The van der Waals surface area contributed by atoms with Crippen molar-refractivity contribution in [1.29, 1.82) is 0 Å². The second-order valence-electron chi connectivity index (χ2n) is 5.53. The summed E-state index contributed by atoms with van der Waals surface area (Å²) in [5.74, 6) is 0.301. The lowest BCUT2D eigenvalue weighted by Gasteiger charge is -2.26. The lowest BCUT2D eigenvalue weighted by Crippen LogP contribution is -2.18. The first-order chi connectivity index (χ1) is 8.91. The number of aromatic hydroxyl groups is 1. The summed E-state index contributed by atoms with van der Waals surface area (Å²) >= 11 is 0. The molecular weight excluding hydrogens is 232 g/mol. The van der Waals surface area contributed by atoms with Gasteiger partial charge in [-0.2, -0.15) is 0 Å². The Bertz CT molecular complexity index is 591. The van der Waals surface area contributed by atoms with Crippen molar-refractivity contribution in [2.75, 3.05) is 0 Å². The van der Waals surface area contributed by atoms with Crippen LogP contribution < -0.4 is 0 Å². The zero-order valence-corrected chi connectivity index (χ0v) is 11.8. The predicted octanol–water partition coefficient (Wildman–Crippen LogP) is 4.75. The Hall–Kier alpha value is -2.02. The van der Waals surface area contributed by atoms with Crippen LogP contribution in [0.3, 0.4) is 0 Å². The molecule has 1 heteroatoms. The highest BCUT2D eigenvalue weighted by Crippen LogP contribution is 2.33. The van der Waals surface area contributed by atoms with Crippen LogP contribution in [0.5, 0.6) is 5.75 Å². The van der Waals surface area contributed by atoms with Crippen molar-refractivity contribution in [3.8, 4) is 5.75 Å². The summed E-state index contributed by atoms with van der Waals surface area (Å²) in [6.07, 6.45) is 0. The van der Waals surface area contributed by atoms with Gasteiger partial charge in [-0.25, -0.2) is 0 Å². The van der Waals surface area contributed by atoms with Crippen LogP contribution >= 0.6 is 0 Å². The van der Waals surface area contributed by atoms with Crippen molar-refractivity contribution >= 4 is 5.57 Å². The van der Waals surface area contributed by atoms with Crippen LogP contribution in [-0.4, -0.2) is 5.11 Å². The molecule has 0 aliphatic heterocycles. The number of allylic oxidation sites excluding steroid dienone is 1. The fraction of sp³-hybridized carbons (Fsp3) is 0.222. The molecule has 2 aromatic carbocycles. The van der Waals surface area contributed by atoms with Crippen molar-refractivity contribution in [3.05, 3.63) is 71.8 Å². The maximum Gasteiger partial charge on any atom is 0.115 e. The van der Waals surface area contributed by atoms with Gasteiger partial charge in [0, 0.05) is 5.41 Å². The molecule has 0 radical (unpaired) electrons. The van der Waals surface area contributed by atoms with E-state index >= 15 is 0 Å². The molecule has 0 fully saturated rings. The standard InChI is InChI=1S/C18H20O/c1-13(2)14-6-5-7-16(12-14)18(3,4)15-8-10-17(19)11-9-15/h5-12,19H,1H2,2-4H3. The quantitative estimate of drug-likeness (QED) is 0.835. The highest BCUT2D eigenvalue weighted by molar-refractivity contribution is 5.62. The summed E-state index contributed by atoms with van der Waals surface area (Å²) in [5, 5.41) is 9.40. The Balaban J connectivity index is 2.46. The van der Waals surface area contributed by atoms with Gasteiger partial charge in [0.1, 0.15) is 5.75 Å². The van der Waals surface area contributed by atoms with E-state index in [-0.39, 0.29) is 5.41 Å². The SMILES string of the molecule is C=C(C)c1cccc(C(C)(C)c2ccc(O)cc2)c1. The molecule has 0 aromatic heterocycles. The van der Waals surface area contributed by atoms with E-state index in [1.54, 1.807) is 12.1 Å². The minimum absolute atomic E-state index is 0.0981. The fourth-order valence-electron chi connectivity index (χ4n) is 2.22. The fourth-order valence-corrected chi connectivity index (χ4v) is 2.22. The summed E-state index contributed by atoms with van der Waals surface area (Å²) in [6, 6.07) is 15.9. The Morgan fingerprint density at radius 2 is 1.63 bits per heavy atom. The minimum atomic E-state index is -0.0981. The summed E-state index contributed by atoms with van der Waals surface area (Å²) < 4.78 is 0. The molecule has 0 heterocycles. The monoisotopic (exact) mass is 252 g/mol. The van der Waals surface area contributed by atoms with E-state index in [1.165, 1.54) is 16.7 Å². The largest absolute Gasteiger partial charge is 0.508 e. The molecule has 0 unspecified atom stereocenters. The predicted molar refractivity (Wildman–Crippen MR) is 81.4 cm³/mol. The van der Waals surface area contributed by atoms with Crippen molar-refractivity contribution in [2.24, 2.45) is 0 Å². The van der Waals surface area contributed by atoms with Gasteiger partial charge < -0.3 is 5.11 Å². The van der Waals surface area contributed by atoms with Crippen LogP contribution in [0.2, 0.25) is 0 Å². The summed E-state index contributed by atoms with van der Waals surface area (Å²) in [6.45, 7) is 10.4. The average Bonchev–Trinajstić information content (AvgIpc) is 2.39. The summed E-state index contributed by atoms with van der Waals surface area (Å²) in [7, 11) is 0. The molecule has 0 aliphatic carbocycles. The van der Waals surface area contributed by atoms with E-state index in [1.807, 2.05) is 19.1 Å². The zero-order valence-electron chi connectivity index (χ0n) is 11.8. The number of phenols is 1. The van der Waals surface area contributed by atoms with Crippen LogP contribution in [0, 0.1) is 0 Å². The van der Waals surface area contributed by atoms with E-state index in [0.29, 0.717) is 5.75 Å². The van der Waals surface area contributed by atoms with Crippen LogP contribution in [0.15, 0.2) is 55.1 Å². The van der Waals surface area contributed by atoms with Gasteiger partial charge in [-0.3, -0.25) is 0 Å². The number of hydrogen-bond acceptors (Lipinski definition) is 1. The first-order valence-corrected chi connectivity index (χ1v) is 6.47. The molecule has 2 rings (SSSR count). The maximum atomic E-state index is 9.40. The normalized spacial score (nSPS) is 11.3. The Morgan fingerprint density at radius 1 is 1.00 bits per heavy atom. The highest BCUT2D eigenvalue weighted by Gasteiger charge is 2.23. The van der Waals surface area contributed by atoms with Gasteiger partial charge in [0.05, 0.1) is 0 Å². The molecule has 1 N–H and O–H groups in total. The third-order valence-electron chi connectivity index (χ3n) is 3.67. The molecule has 19 heavy (non-hydrogen) atoms. The molecule has 2 aromatic rings. The van der Waals surface area contributed by atoms with Gasteiger partial charge in [-0.05, 0) is 35.7 Å². The highest BCUT2D eigenvalue weighted by atomic mass is 16.3. The van der Waals surface area contributed by atoms with Gasteiger partial charge in [-0.1, -0.05) is 62.4 Å². The molecule has 98 valence electrons. The van der Waals surface area contributed by atoms with Gasteiger partial charge >= 0.3 is 0 Å². The molecule has 0 bridgehead atoms. The van der Waals surface area contributed by atoms with Gasteiger partial charge in [0.2, 0.25) is 0 Å². The van der Waals surface area contributed by atoms with E-state index < -0.39 is 0 Å². The molecule has 0 atom stereocenters. The Kier molecular flexibility index (Phi) is 3.48. The molecule has 0 saturated heterocycles. The molecule has 0 saturated carbocycles.